The lowest BCUT2D eigenvalue weighted by atomic mass is 10.1. The molecule has 0 aliphatic rings. The number of aliphatic hydroxyl groups is 2. The average molecular weight is 336 g/mol. The maximum absolute atomic E-state index is 10.3. The summed E-state index contributed by atoms with van der Waals surface area (Å²) < 4.78 is 0. The normalized spacial score (nSPS) is 13.2. The van der Waals surface area contributed by atoms with Crippen LogP contribution in [0.3, 0.4) is 0 Å². The molecule has 0 aliphatic heterocycles. The second kappa shape index (κ2) is 15.9. The topological polar surface area (TPSA) is 77.8 Å². The molecule has 0 saturated heterocycles. The zero-order valence-electron chi connectivity index (χ0n) is 14.8. The van der Waals surface area contributed by atoms with Gasteiger partial charge < -0.3 is 15.3 Å². The molecule has 0 aliphatic carbocycles. The number of aliphatic hydroxyl groups excluding tert-OH is 2. The minimum absolute atomic E-state index is 0.180. The van der Waals surface area contributed by atoms with E-state index in [1.807, 2.05) is 30.4 Å². The Morgan fingerprint density at radius 1 is 0.792 bits per heavy atom. The highest BCUT2D eigenvalue weighted by Gasteiger charge is 1.94. The number of carboxylic acids is 1. The zero-order chi connectivity index (χ0) is 18.0. The molecule has 0 aromatic heterocycles. The third kappa shape index (κ3) is 16.4. The predicted octanol–water partition coefficient (Wildman–Crippen LogP) is 5.99. The van der Waals surface area contributed by atoms with E-state index >= 15 is 0 Å². The van der Waals surface area contributed by atoms with Gasteiger partial charge in [-0.15, -0.1) is 0 Å². The fraction of sp³-hybridized carbons (Fsp3) is 0.550. The Bertz CT molecular complexity index is 445. The summed E-state index contributed by atoms with van der Waals surface area (Å²) in [4.78, 5) is 10.3. The minimum Gasteiger partial charge on any atom is -0.513 e. The first-order valence-corrected chi connectivity index (χ1v) is 8.84. The molecule has 3 N–H and O–H groups in total. The summed E-state index contributed by atoms with van der Waals surface area (Å²) in [7, 11) is 0. The van der Waals surface area contributed by atoms with Crippen molar-refractivity contribution in [1.29, 1.82) is 0 Å². The third-order valence-electron chi connectivity index (χ3n) is 3.44. The van der Waals surface area contributed by atoms with E-state index in [-0.39, 0.29) is 6.42 Å². The van der Waals surface area contributed by atoms with E-state index in [4.69, 9.17) is 5.11 Å². The summed E-state index contributed by atoms with van der Waals surface area (Å²) in [5.41, 5.74) is 0. The lowest BCUT2D eigenvalue weighted by Gasteiger charge is -1.97. The number of rotatable bonds is 14. The van der Waals surface area contributed by atoms with Crippen molar-refractivity contribution in [3.05, 3.63) is 48.0 Å². The van der Waals surface area contributed by atoms with E-state index < -0.39 is 5.97 Å². The number of allylic oxidation sites excluding steroid dienone is 7. The summed E-state index contributed by atoms with van der Waals surface area (Å²) >= 11 is 0. The Morgan fingerprint density at radius 2 is 1.46 bits per heavy atom. The SMILES string of the molecule is CCCCC/C(O)=C/C/C=C/C/C=C(\O)C/C=C/CCCC(=O)O. The lowest BCUT2D eigenvalue weighted by molar-refractivity contribution is -0.137. The molecule has 0 unspecified atom stereocenters. The van der Waals surface area contributed by atoms with Crippen LogP contribution < -0.4 is 0 Å². The Balaban J connectivity index is 3.78. The van der Waals surface area contributed by atoms with Crippen LogP contribution in [0.2, 0.25) is 0 Å². The molecule has 136 valence electrons. The lowest BCUT2D eigenvalue weighted by Crippen LogP contribution is -1.92. The monoisotopic (exact) mass is 336 g/mol. The molecule has 0 aromatic rings. The van der Waals surface area contributed by atoms with Crippen LogP contribution in [-0.4, -0.2) is 21.3 Å². The summed E-state index contributed by atoms with van der Waals surface area (Å²) in [6.45, 7) is 2.14. The van der Waals surface area contributed by atoms with E-state index in [9.17, 15) is 15.0 Å². The zero-order valence-corrected chi connectivity index (χ0v) is 14.8. The molecule has 4 nitrogen and oxygen atoms in total. The number of carboxylic acid groups (broad SMARTS) is 1. The van der Waals surface area contributed by atoms with Crippen LogP contribution in [0.4, 0.5) is 0 Å². The molecule has 24 heavy (non-hydrogen) atoms. The van der Waals surface area contributed by atoms with Gasteiger partial charge in [0.25, 0.3) is 0 Å². The fourth-order valence-electron chi connectivity index (χ4n) is 2.04. The molecule has 0 spiro atoms. The van der Waals surface area contributed by atoms with E-state index in [0.29, 0.717) is 43.6 Å². The van der Waals surface area contributed by atoms with Gasteiger partial charge in [-0.2, -0.15) is 0 Å². The van der Waals surface area contributed by atoms with E-state index in [2.05, 4.69) is 6.92 Å². The van der Waals surface area contributed by atoms with Gasteiger partial charge in [-0.3, -0.25) is 4.79 Å². The van der Waals surface area contributed by atoms with Crippen molar-refractivity contribution in [2.24, 2.45) is 0 Å². The van der Waals surface area contributed by atoms with Crippen molar-refractivity contribution in [3.63, 3.8) is 0 Å². The van der Waals surface area contributed by atoms with Gasteiger partial charge in [0.05, 0.1) is 11.5 Å². The molecule has 0 fully saturated rings. The van der Waals surface area contributed by atoms with Crippen LogP contribution in [0.1, 0.15) is 71.1 Å². The first-order valence-electron chi connectivity index (χ1n) is 8.84. The second-order valence-corrected chi connectivity index (χ2v) is 5.75. The number of unbranched alkanes of at least 4 members (excludes halogenated alkanes) is 3. The van der Waals surface area contributed by atoms with Gasteiger partial charge in [0, 0.05) is 19.3 Å². The first kappa shape index (κ1) is 22.0. The smallest absolute Gasteiger partial charge is 0.303 e. The van der Waals surface area contributed by atoms with Crippen LogP contribution >= 0.6 is 0 Å². The van der Waals surface area contributed by atoms with Gasteiger partial charge in [-0.1, -0.05) is 44.1 Å². The Morgan fingerprint density at radius 3 is 2.08 bits per heavy atom. The standard InChI is InChI=1S/C20H32O4/c1-2-3-8-13-18(21)14-9-4-5-10-15-19(22)16-11-6-7-12-17-20(23)24/h4-6,11,14-15,21-22H,2-3,7-10,12-13,16-17H2,1H3,(H,23,24)/b5-4+,11-6+,18-14-,19-15-. The maximum atomic E-state index is 10.3. The average Bonchev–Trinajstić information content (AvgIpc) is 2.54. The van der Waals surface area contributed by atoms with E-state index in [1.165, 1.54) is 0 Å². The summed E-state index contributed by atoms with van der Waals surface area (Å²) in [6, 6.07) is 0. The van der Waals surface area contributed by atoms with Crippen molar-refractivity contribution in [1.82, 2.24) is 0 Å². The maximum Gasteiger partial charge on any atom is 0.303 e. The van der Waals surface area contributed by atoms with Crippen molar-refractivity contribution in [2.45, 2.75) is 71.1 Å². The highest BCUT2D eigenvalue weighted by molar-refractivity contribution is 5.66. The van der Waals surface area contributed by atoms with Crippen molar-refractivity contribution >= 4 is 5.97 Å². The van der Waals surface area contributed by atoms with E-state index in [0.717, 1.165) is 25.7 Å². The van der Waals surface area contributed by atoms with Gasteiger partial charge >= 0.3 is 5.97 Å². The number of hydrogen-bond acceptors (Lipinski definition) is 3. The first-order chi connectivity index (χ1) is 11.6. The van der Waals surface area contributed by atoms with Gasteiger partial charge in [-0.05, 0) is 44.3 Å². The van der Waals surface area contributed by atoms with E-state index in [1.54, 1.807) is 6.08 Å². The third-order valence-corrected chi connectivity index (χ3v) is 3.44. The predicted molar refractivity (Wildman–Crippen MR) is 99.2 cm³/mol. The van der Waals surface area contributed by atoms with Crippen molar-refractivity contribution in [2.75, 3.05) is 0 Å². The molecule has 0 amide bonds. The van der Waals surface area contributed by atoms with Crippen LogP contribution in [0.25, 0.3) is 0 Å². The molecule has 4 heteroatoms. The molecule has 0 saturated carbocycles. The largest absolute Gasteiger partial charge is 0.513 e. The molecule has 0 radical (unpaired) electrons. The summed E-state index contributed by atoms with van der Waals surface area (Å²) in [5.74, 6) is -0.00586. The Hall–Kier alpha value is -1.97. The molecule has 0 heterocycles. The molecular formula is C20H32O4. The molecular weight excluding hydrogens is 304 g/mol. The Kier molecular flexibility index (Phi) is 14.6. The van der Waals surface area contributed by atoms with Crippen LogP contribution in [-0.2, 0) is 4.79 Å². The second-order valence-electron chi connectivity index (χ2n) is 5.75. The van der Waals surface area contributed by atoms with Crippen LogP contribution in [0, 0.1) is 0 Å². The van der Waals surface area contributed by atoms with Gasteiger partial charge in [0.2, 0.25) is 0 Å². The minimum atomic E-state index is -0.776. The summed E-state index contributed by atoms with van der Waals surface area (Å²) in [6.07, 6.45) is 18.7. The van der Waals surface area contributed by atoms with Crippen molar-refractivity contribution in [3.8, 4) is 0 Å². The number of hydrogen-bond donors (Lipinski definition) is 3. The van der Waals surface area contributed by atoms with Gasteiger partial charge in [0.15, 0.2) is 0 Å². The van der Waals surface area contributed by atoms with Crippen LogP contribution in [0.5, 0.6) is 0 Å². The molecule has 0 atom stereocenters. The molecule has 0 aromatic carbocycles. The van der Waals surface area contributed by atoms with Gasteiger partial charge in [0.1, 0.15) is 0 Å². The van der Waals surface area contributed by atoms with Crippen molar-refractivity contribution < 1.29 is 20.1 Å². The highest BCUT2D eigenvalue weighted by atomic mass is 16.4. The Labute approximate surface area is 145 Å². The summed E-state index contributed by atoms with van der Waals surface area (Å²) in [5, 5.41) is 27.8. The van der Waals surface area contributed by atoms with Gasteiger partial charge in [-0.25, -0.2) is 0 Å². The highest BCUT2D eigenvalue weighted by Crippen LogP contribution is 2.07. The molecule has 0 rings (SSSR count). The molecule has 0 bridgehead atoms. The number of aliphatic carboxylic acids is 1. The number of carbonyl (C=O) groups is 1. The quantitative estimate of drug-likeness (QED) is 0.207. The van der Waals surface area contributed by atoms with Crippen LogP contribution in [0.15, 0.2) is 48.0 Å². The fourth-order valence-corrected chi connectivity index (χ4v) is 2.04.